The van der Waals surface area contributed by atoms with Gasteiger partial charge in [0.1, 0.15) is 0 Å². The number of hydrogen-bond acceptors (Lipinski definition) is 2. The van der Waals surface area contributed by atoms with Gasteiger partial charge in [-0.25, -0.2) is 9.97 Å². The van der Waals surface area contributed by atoms with E-state index in [-0.39, 0.29) is 17.4 Å². The van der Waals surface area contributed by atoms with Crippen molar-refractivity contribution < 1.29 is 13.2 Å². The highest BCUT2D eigenvalue weighted by Crippen LogP contribution is 2.35. The number of imidazole rings is 2. The third-order valence-corrected chi connectivity index (χ3v) is 3.42. The van der Waals surface area contributed by atoms with Crippen LogP contribution in [0.15, 0.2) is 49.4 Å². The van der Waals surface area contributed by atoms with Gasteiger partial charge < -0.3 is 9.13 Å². The van der Waals surface area contributed by atoms with Gasteiger partial charge in [-0.05, 0) is 18.2 Å². The van der Waals surface area contributed by atoms with Crippen LogP contribution in [0.2, 0.25) is 5.02 Å². The Bertz CT molecular complexity index is 782. The van der Waals surface area contributed by atoms with Gasteiger partial charge in [-0.3, -0.25) is 0 Å². The average molecular weight is 363 g/mol. The van der Waals surface area contributed by atoms with E-state index in [1.54, 1.807) is 24.9 Å². The molecule has 0 unspecified atom stereocenters. The van der Waals surface area contributed by atoms with Crippen LogP contribution in [-0.4, -0.2) is 19.1 Å². The minimum atomic E-state index is -4.49. The van der Waals surface area contributed by atoms with E-state index in [1.165, 1.54) is 23.0 Å². The Morgan fingerprint density at radius 3 is 2.61 bits per heavy atom. The average Bonchev–Trinajstić information content (AvgIpc) is 3.10. The second-order valence-electron chi connectivity index (χ2n) is 4.67. The van der Waals surface area contributed by atoms with E-state index in [0.29, 0.717) is 17.9 Å². The summed E-state index contributed by atoms with van der Waals surface area (Å²) in [6.45, 7) is 0.493. The number of aromatic nitrogens is 4. The summed E-state index contributed by atoms with van der Waals surface area (Å²) in [6, 6.07) is 3.75. The zero-order valence-electron chi connectivity index (χ0n) is 11.5. The van der Waals surface area contributed by atoms with Crippen molar-refractivity contribution in [2.24, 2.45) is 0 Å². The molecule has 0 aliphatic heterocycles. The Kier molecular flexibility index (Phi) is 5.01. The van der Waals surface area contributed by atoms with E-state index in [2.05, 4.69) is 9.97 Å². The van der Waals surface area contributed by atoms with Crippen LogP contribution < -0.4 is 0 Å². The molecule has 1 aromatic carbocycles. The van der Waals surface area contributed by atoms with Crippen LogP contribution in [0.3, 0.4) is 0 Å². The molecule has 0 radical (unpaired) electrons. The van der Waals surface area contributed by atoms with Gasteiger partial charge in [0.25, 0.3) is 0 Å². The molecule has 4 nitrogen and oxygen atoms in total. The quantitative estimate of drug-likeness (QED) is 0.699. The van der Waals surface area contributed by atoms with Crippen LogP contribution in [0.1, 0.15) is 11.3 Å². The first kappa shape index (κ1) is 17.4. The van der Waals surface area contributed by atoms with E-state index < -0.39 is 11.7 Å². The fourth-order valence-electron chi connectivity index (χ4n) is 2.04. The molecule has 0 aliphatic carbocycles. The van der Waals surface area contributed by atoms with Gasteiger partial charge in [0, 0.05) is 24.3 Å². The summed E-state index contributed by atoms with van der Waals surface area (Å²) in [5.74, 6) is 0. The molecule has 3 aromatic rings. The molecular weight excluding hydrogens is 352 g/mol. The minimum absolute atomic E-state index is 0. The fraction of sp³-hybridized carbons (Fsp3) is 0.143. The largest absolute Gasteiger partial charge is 0.417 e. The molecule has 0 saturated heterocycles. The summed E-state index contributed by atoms with van der Waals surface area (Å²) >= 11 is 5.61. The highest BCUT2D eigenvalue weighted by Gasteiger charge is 2.33. The predicted molar refractivity (Wildman–Crippen MR) is 82.2 cm³/mol. The first-order chi connectivity index (χ1) is 10.4. The third-order valence-electron chi connectivity index (χ3n) is 3.09. The summed E-state index contributed by atoms with van der Waals surface area (Å²) in [7, 11) is 0. The molecule has 3 rings (SSSR count). The van der Waals surface area contributed by atoms with Gasteiger partial charge in [0.15, 0.2) is 0 Å². The second-order valence-corrected chi connectivity index (χ2v) is 5.08. The van der Waals surface area contributed by atoms with Gasteiger partial charge in [0.2, 0.25) is 0 Å². The van der Waals surface area contributed by atoms with Crippen LogP contribution in [0.4, 0.5) is 13.2 Å². The van der Waals surface area contributed by atoms with E-state index in [9.17, 15) is 13.2 Å². The molecular formula is C14H11Cl2F3N4. The van der Waals surface area contributed by atoms with Crippen molar-refractivity contribution in [1.29, 1.82) is 0 Å². The number of halogens is 5. The van der Waals surface area contributed by atoms with Crippen molar-refractivity contribution in [3.05, 3.63) is 65.7 Å². The number of hydrogen-bond donors (Lipinski definition) is 0. The summed E-state index contributed by atoms with van der Waals surface area (Å²) in [5, 5.41) is -0.324. The lowest BCUT2D eigenvalue weighted by Crippen LogP contribution is -2.07. The van der Waals surface area contributed by atoms with E-state index in [0.717, 1.165) is 6.07 Å². The molecule has 23 heavy (non-hydrogen) atoms. The lowest BCUT2D eigenvalue weighted by atomic mass is 10.2. The fourth-order valence-corrected chi connectivity index (χ4v) is 2.27. The summed E-state index contributed by atoms with van der Waals surface area (Å²) < 4.78 is 42.0. The van der Waals surface area contributed by atoms with Crippen LogP contribution >= 0.6 is 24.0 Å². The third kappa shape index (κ3) is 3.86. The maximum absolute atomic E-state index is 12.9. The monoisotopic (exact) mass is 362 g/mol. The molecule has 0 N–H and O–H groups in total. The lowest BCUT2D eigenvalue weighted by molar-refractivity contribution is -0.137. The highest BCUT2D eigenvalue weighted by molar-refractivity contribution is 6.31. The molecule has 0 amide bonds. The van der Waals surface area contributed by atoms with Gasteiger partial charge in [0.05, 0.1) is 35.5 Å². The SMILES string of the molecule is Cl.FC(F)(F)c1cc(-n2cnc(Cn3ccnc3)c2)ccc1Cl. The summed E-state index contributed by atoms with van der Waals surface area (Å²) in [5.41, 5.74) is 0.194. The molecule has 0 spiro atoms. The van der Waals surface area contributed by atoms with Crippen LogP contribution in [0.5, 0.6) is 0 Å². The van der Waals surface area contributed by atoms with E-state index in [4.69, 9.17) is 11.6 Å². The molecule has 122 valence electrons. The zero-order chi connectivity index (χ0) is 15.7. The predicted octanol–water partition coefficient (Wildman–Crippen LogP) is 4.21. The summed E-state index contributed by atoms with van der Waals surface area (Å²) in [6.07, 6.45) is 3.71. The zero-order valence-corrected chi connectivity index (χ0v) is 13.1. The molecule has 0 bridgehead atoms. The Balaban J connectivity index is 0.00000192. The van der Waals surface area contributed by atoms with Gasteiger partial charge in [-0.2, -0.15) is 13.2 Å². The lowest BCUT2D eigenvalue weighted by Gasteiger charge is -2.11. The maximum Gasteiger partial charge on any atom is 0.417 e. The molecule has 2 heterocycles. The Morgan fingerprint density at radius 2 is 1.96 bits per heavy atom. The Hall–Kier alpha value is -1.99. The molecule has 9 heteroatoms. The standard InChI is InChI=1S/C14H10ClF3N4.ClH/c15-13-2-1-11(5-12(13)14(16,17)18)22-7-10(20-9-22)6-21-4-3-19-8-21;/h1-5,7-9H,6H2;1H. The van der Waals surface area contributed by atoms with Crippen LogP contribution in [0.25, 0.3) is 5.69 Å². The number of benzene rings is 1. The second kappa shape index (κ2) is 6.64. The minimum Gasteiger partial charge on any atom is -0.331 e. The smallest absolute Gasteiger partial charge is 0.331 e. The molecule has 2 aromatic heterocycles. The Labute approximate surface area is 141 Å². The van der Waals surface area contributed by atoms with Gasteiger partial charge in [-0.15, -0.1) is 12.4 Å². The normalized spacial score (nSPS) is 11.3. The first-order valence-corrected chi connectivity index (χ1v) is 6.67. The van der Waals surface area contributed by atoms with Gasteiger partial charge in [-0.1, -0.05) is 11.6 Å². The number of nitrogens with zero attached hydrogens (tertiary/aromatic N) is 4. The highest BCUT2D eigenvalue weighted by atomic mass is 35.5. The summed E-state index contributed by atoms with van der Waals surface area (Å²) in [4.78, 5) is 8.10. The van der Waals surface area contributed by atoms with E-state index >= 15 is 0 Å². The van der Waals surface area contributed by atoms with Crippen molar-refractivity contribution in [3.63, 3.8) is 0 Å². The first-order valence-electron chi connectivity index (χ1n) is 6.29. The topological polar surface area (TPSA) is 35.6 Å². The van der Waals surface area contributed by atoms with Crippen molar-refractivity contribution in [2.45, 2.75) is 12.7 Å². The van der Waals surface area contributed by atoms with Crippen LogP contribution in [-0.2, 0) is 12.7 Å². The van der Waals surface area contributed by atoms with Crippen molar-refractivity contribution >= 4 is 24.0 Å². The Morgan fingerprint density at radius 1 is 1.17 bits per heavy atom. The van der Waals surface area contributed by atoms with Gasteiger partial charge >= 0.3 is 6.18 Å². The van der Waals surface area contributed by atoms with Crippen molar-refractivity contribution in [1.82, 2.24) is 19.1 Å². The number of alkyl halides is 3. The van der Waals surface area contributed by atoms with Crippen LogP contribution in [0, 0.1) is 0 Å². The molecule has 0 fully saturated rings. The number of rotatable bonds is 3. The van der Waals surface area contributed by atoms with Crippen molar-refractivity contribution in [2.75, 3.05) is 0 Å². The van der Waals surface area contributed by atoms with E-state index in [1.807, 2.05) is 4.57 Å². The van der Waals surface area contributed by atoms with Crippen molar-refractivity contribution in [3.8, 4) is 5.69 Å². The molecule has 0 saturated carbocycles. The molecule has 0 aliphatic rings. The maximum atomic E-state index is 12.9. The molecule has 0 atom stereocenters.